The van der Waals surface area contributed by atoms with Gasteiger partial charge in [-0.1, -0.05) is 17.7 Å². The lowest BCUT2D eigenvalue weighted by Crippen LogP contribution is -2.36. The van der Waals surface area contributed by atoms with Gasteiger partial charge in [-0.3, -0.25) is 0 Å². The highest BCUT2D eigenvalue weighted by Crippen LogP contribution is 2.29. The molecule has 0 atom stereocenters. The van der Waals surface area contributed by atoms with Crippen molar-refractivity contribution in [3.8, 4) is 0 Å². The van der Waals surface area contributed by atoms with Crippen molar-refractivity contribution in [2.75, 3.05) is 18.8 Å². The Kier molecular flexibility index (Phi) is 3.69. The van der Waals surface area contributed by atoms with E-state index in [9.17, 15) is 8.42 Å². The number of benzene rings is 1. The second kappa shape index (κ2) is 4.98. The monoisotopic (exact) mass is 280 g/mol. The number of sulfonamides is 1. The molecule has 0 aromatic heterocycles. The van der Waals surface area contributed by atoms with E-state index in [2.05, 4.69) is 6.08 Å². The summed E-state index contributed by atoms with van der Waals surface area (Å²) in [6, 6.07) is 3.52. The van der Waals surface area contributed by atoms with E-state index < -0.39 is 10.0 Å². The number of rotatable bonds is 2. The van der Waals surface area contributed by atoms with E-state index in [1.807, 2.05) is 13.8 Å². The van der Waals surface area contributed by atoms with Gasteiger partial charge in [0.05, 0.1) is 4.90 Å². The van der Waals surface area contributed by atoms with Crippen LogP contribution in [0.5, 0.6) is 0 Å². The van der Waals surface area contributed by atoms with Gasteiger partial charge in [-0.2, -0.15) is 4.31 Å². The molecule has 1 aromatic carbocycles. The molecule has 5 heteroatoms. The molecule has 0 saturated heterocycles. The minimum absolute atomic E-state index is 0.363. The molecule has 19 heavy (non-hydrogen) atoms. The largest absolute Gasteiger partial charge is 0.398 e. The Morgan fingerprint density at radius 1 is 1.21 bits per heavy atom. The van der Waals surface area contributed by atoms with E-state index >= 15 is 0 Å². The van der Waals surface area contributed by atoms with Gasteiger partial charge in [0.2, 0.25) is 10.0 Å². The molecule has 4 nitrogen and oxygen atoms in total. The zero-order valence-electron chi connectivity index (χ0n) is 11.6. The number of nitrogen functional groups attached to an aromatic ring is 1. The standard InChI is InChI=1S/C14H20N2O2S/c1-10-5-4-8-16(9-10)19(17,18)14-11(2)6-7-13(15)12(14)3/h5-7H,4,8-9,15H2,1-3H3. The van der Waals surface area contributed by atoms with Crippen LogP contribution in [0, 0.1) is 13.8 Å². The number of nitrogens with two attached hydrogens (primary N) is 1. The zero-order chi connectivity index (χ0) is 14.2. The van der Waals surface area contributed by atoms with Crippen LogP contribution in [0.25, 0.3) is 0 Å². The Morgan fingerprint density at radius 3 is 2.53 bits per heavy atom. The Morgan fingerprint density at radius 2 is 1.89 bits per heavy atom. The summed E-state index contributed by atoms with van der Waals surface area (Å²) in [4.78, 5) is 0.363. The quantitative estimate of drug-likeness (QED) is 0.667. The average Bonchev–Trinajstić information content (AvgIpc) is 2.34. The molecule has 0 saturated carbocycles. The average molecular weight is 280 g/mol. The summed E-state index contributed by atoms with van der Waals surface area (Å²) in [5, 5.41) is 0. The highest BCUT2D eigenvalue weighted by atomic mass is 32.2. The second-order valence-electron chi connectivity index (χ2n) is 5.10. The van der Waals surface area contributed by atoms with Gasteiger partial charge in [0.15, 0.2) is 0 Å². The van der Waals surface area contributed by atoms with Crippen LogP contribution in [-0.2, 0) is 10.0 Å². The van der Waals surface area contributed by atoms with Crippen LogP contribution in [0.3, 0.4) is 0 Å². The SMILES string of the molecule is CC1=CCCN(S(=O)(=O)c2c(C)ccc(N)c2C)C1. The smallest absolute Gasteiger partial charge is 0.243 e. The first-order valence-corrected chi connectivity index (χ1v) is 7.79. The normalized spacial score (nSPS) is 17.3. The number of aryl methyl sites for hydroxylation is 1. The summed E-state index contributed by atoms with van der Waals surface area (Å²) in [6.07, 6.45) is 2.86. The molecule has 2 N–H and O–H groups in total. The van der Waals surface area contributed by atoms with Crippen LogP contribution in [0.15, 0.2) is 28.7 Å². The van der Waals surface area contributed by atoms with Crippen LogP contribution in [0.4, 0.5) is 5.69 Å². The number of hydrogen-bond acceptors (Lipinski definition) is 3. The molecule has 1 heterocycles. The summed E-state index contributed by atoms with van der Waals surface area (Å²) >= 11 is 0. The van der Waals surface area contributed by atoms with Crippen LogP contribution in [0.1, 0.15) is 24.5 Å². The highest BCUT2D eigenvalue weighted by Gasteiger charge is 2.29. The van der Waals surface area contributed by atoms with Crippen LogP contribution in [0.2, 0.25) is 0 Å². The lowest BCUT2D eigenvalue weighted by molar-refractivity contribution is 0.427. The number of nitrogens with zero attached hydrogens (tertiary/aromatic N) is 1. The van der Waals surface area contributed by atoms with Gasteiger partial charge in [-0.05, 0) is 44.4 Å². The van der Waals surface area contributed by atoms with E-state index in [-0.39, 0.29) is 0 Å². The van der Waals surface area contributed by atoms with Crippen molar-refractivity contribution in [3.05, 3.63) is 34.9 Å². The van der Waals surface area contributed by atoms with Gasteiger partial charge in [0, 0.05) is 18.8 Å². The molecular weight excluding hydrogens is 260 g/mol. The molecule has 0 unspecified atom stereocenters. The molecular formula is C14H20N2O2S. The van der Waals surface area contributed by atoms with Crippen molar-refractivity contribution in [1.82, 2.24) is 4.31 Å². The third-order valence-corrected chi connectivity index (χ3v) is 5.68. The Labute approximate surface area is 115 Å². The molecule has 0 bridgehead atoms. The summed E-state index contributed by atoms with van der Waals surface area (Å²) in [5.41, 5.74) is 8.86. The fraction of sp³-hybridized carbons (Fsp3) is 0.429. The lowest BCUT2D eigenvalue weighted by Gasteiger charge is -2.27. The molecule has 0 spiro atoms. The van der Waals surface area contributed by atoms with Crippen molar-refractivity contribution in [1.29, 1.82) is 0 Å². The van der Waals surface area contributed by atoms with Gasteiger partial charge in [0.1, 0.15) is 0 Å². The van der Waals surface area contributed by atoms with Gasteiger partial charge >= 0.3 is 0 Å². The first-order valence-electron chi connectivity index (χ1n) is 6.35. The van der Waals surface area contributed by atoms with Gasteiger partial charge < -0.3 is 5.73 Å². The van der Waals surface area contributed by atoms with Gasteiger partial charge in [-0.15, -0.1) is 0 Å². The van der Waals surface area contributed by atoms with Crippen molar-refractivity contribution < 1.29 is 8.42 Å². The van der Waals surface area contributed by atoms with E-state index in [1.54, 1.807) is 19.1 Å². The maximum Gasteiger partial charge on any atom is 0.243 e. The first-order chi connectivity index (χ1) is 8.84. The topological polar surface area (TPSA) is 63.4 Å². The molecule has 0 amide bonds. The minimum Gasteiger partial charge on any atom is -0.398 e. The van der Waals surface area contributed by atoms with Crippen molar-refractivity contribution in [3.63, 3.8) is 0 Å². The Hall–Kier alpha value is -1.33. The summed E-state index contributed by atoms with van der Waals surface area (Å²) in [5.74, 6) is 0. The Balaban J connectivity index is 2.52. The van der Waals surface area contributed by atoms with Gasteiger partial charge in [-0.25, -0.2) is 8.42 Å². The predicted molar refractivity (Wildman–Crippen MR) is 77.5 cm³/mol. The maximum absolute atomic E-state index is 12.8. The molecule has 0 radical (unpaired) electrons. The summed E-state index contributed by atoms with van der Waals surface area (Å²) < 4.78 is 27.1. The van der Waals surface area contributed by atoms with Crippen LogP contribution < -0.4 is 5.73 Å². The number of hydrogen-bond donors (Lipinski definition) is 1. The van der Waals surface area contributed by atoms with Crippen LogP contribution in [-0.4, -0.2) is 25.8 Å². The maximum atomic E-state index is 12.8. The molecule has 0 aliphatic carbocycles. The van der Waals surface area contributed by atoms with Crippen LogP contribution >= 0.6 is 0 Å². The minimum atomic E-state index is -3.47. The Bertz CT molecular complexity index is 633. The second-order valence-corrected chi connectivity index (χ2v) is 6.98. The predicted octanol–water partition coefficient (Wildman–Crippen LogP) is 2.23. The lowest BCUT2D eigenvalue weighted by atomic mass is 10.1. The molecule has 0 fully saturated rings. The molecule has 1 aliphatic heterocycles. The van der Waals surface area contributed by atoms with Crippen molar-refractivity contribution in [2.24, 2.45) is 0 Å². The van der Waals surface area contributed by atoms with Gasteiger partial charge in [0.25, 0.3) is 0 Å². The van der Waals surface area contributed by atoms with Crippen molar-refractivity contribution in [2.45, 2.75) is 32.1 Å². The molecule has 1 aliphatic rings. The molecule has 104 valence electrons. The molecule has 2 rings (SSSR count). The third kappa shape index (κ3) is 2.53. The van der Waals surface area contributed by atoms with E-state index in [0.717, 1.165) is 17.6 Å². The highest BCUT2D eigenvalue weighted by molar-refractivity contribution is 7.89. The number of anilines is 1. The fourth-order valence-electron chi connectivity index (χ4n) is 2.45. The summed E-state index contributed by atoms with van der Waals surface area (Å²) in [6.45, 7) is 6.54. The zero-order valence-corrected chi connectivity index (χ0v) is 12.4. The van der Waals surface area contributed by atoms with E-state index in [4.69, 9.17) is 5.73 Å². The third-order valence-electron chi connectivity index (χ3n) is 3.54. The summed E-state index contributed by atoms with van der Waals surface area (Å²) in [7, 11) is -3.47. The first kappa shape index (κ1) is 14.1. The van der Waals surface area contributed by atoms with E-state index in [0.29, 0.717) is 29.2 Å². The fourth-order valence-corrected chi connectivity index (χ4v) is 4.41. The molecule has 1 aromatic rings. The van der Waals surface area contributed by atoms with E-state index in [1.165, 1.54) is 4.31 Å². The van der Waals surface area contributed by atoms with Crippen molar-refractivity contribution >= 4 is 15.7 Å².